The lowest BCUT2D eigenvalue weighted by Crippen LogP contribution is -1.97. The fourth-order valence-electron chi connectivity index (χ4n) is 2.08. The van der Waals surface area contributed by atoms with Gasteiger partial charge in [-0.15, -0.1) is 10.2 Å². The van der Waals surface area contributed by atoms with Gasteiger partial charge in [0.25, 0.3) is 5.22 Å². The Morgan fingerprint density at radius 2 is 1.88 bits per heavy atom. The normalized spacial score (nSPS) is 11.5. The molecule has 126 valence electrons. The van der Waals surface area contributed by atoms with Crippen molar-refractivity contribution in [3.8, 4) is 11.5 Å². The van der Waals surface area contributed by atoms with Gasteiger partial charge in [0.15, 0.2) is 0 Å². The zero-order valence-corrected chi connectivity index (χ0v) is 14.0. The van der Waals surface area contributed by atoms with Gasteiger partial charge in [-0.25, -0.2) is 9.18 Å². The molecule has 0 aliphatic rings. The number of benzene rings is 2. The molecule has 2 aromatic carbocycles. The fourth-order valence-corrected chi connectivity index (χ4v) is 2.74. The van der Waals surface area contributed by atoms with E-state index in [-0.39, 0.29) is 21.8 Å². The van der Waals surface area contributed by atoms with Crippen molar-refractivity contribution in [3.63, 3.8) is 0 Å². The number of aromatic nitrogens is 2. The molecule has 0 aliphatic heterocycles. The smallest absolute Gasteiger partial charge is 0.342 e. The van der Waals surface area contributed by atoms with Crippen LogP contribution in [0.25, 0.3) is 17.5 Å². The van der Waals surface area contributed by atoms with E-state index in [4.69, 9.17) is 4.42 Å². The van der Waals surface area contributed by atoms with Crippen molar-refractivity contribution in [2.24, 2.45) is 0 Å². The lowest BCUT2D eigenvalue weighted by atomic mass is 10.1. The van der Waals surface area contributed by atoms with Crippen LogP contribution >= 0.6 is 11.8 Å². The summed E-state index contributed by atoms with van der Waals surface area (Å²) in [6.07, 6.45) is 1.56. The summed E-state index contributed by atoms with van der Waals surface area (Å²) in [5.74, 6) is -1.26. The maximum atomic E-state index is 13.0. The van der Waals surface area contributed by atoms with E-state index in [9.17, 15) is 14.3 Å². The molecule has 1 heterocycles. The zero-order valence-electron chi connectivity index (χ0n) is 13.1. The number of nitrogens with zero attached hydrogens (tertiary/aromatic N) is 2. The average Bonchev–Trinajstić information content (AvgIpc) is 3.05. The number of thioether (sulfide) groups is 1. The summed E-state index contributed by atoms with van der Waals surface area (Å²) in [7, 11) is 0. The van der Waals surface area contributed by atoms with Crippen LogP contribution in [-0.4, -0.2) is 21.3 Å². The van der Waals surface area contributed by atoms with Gasteiger partial charge < -0.3 is 9.52 Å². The van der Waals surface area contributed by atoms with Crippen molar-refractivity contribution in [1.29, 1.82) is 0 Å². The van der Waals surface area contributed by atoms with Gasteiger partial charge in [-0.2, -0.15) is 0 Å². The molecular weight excluding hydrogens is 343 g/mol. The molecule has 0 bridgehead atoms. The maximum absolute atomic E-state index is 13.0. The van der Waals surface area contributed by atoms with Crippen molar-refractivity contribution in [3.05, 3.63) is 70.4 Å². The monoisotopic (exact) mass is 356 g/mol. The molecule has 3 aromatic rings. The summed E-state index contributed by atoms with van der Waals surface area (Å²) >= 11 is 0.866. The van der Waals surface area contributed by atoms with Crippen molar-refractivity contribution < 1.29 is 18.7 Å². The third-order valence-corrected chi connectivity index (χ3v) is 4.23. The van der Waals surface area contributed by atoms with Crippen molar-refractivity contribution in [1.82, 2.24) is 10.2 Å². The summed E-state index contributed by atoms with van der Waals surface area (Å²) in [5, 5.41) is 17.2. The second-order valence-electron chi connectivity index (χ2n) is 5.15. The first-order chi connectivity index (χ1) is 12.0. The number of halogens is 1. The lowest BCUT2D eigenvalue weighted by Gasteiger charge is -2.02. The summed E-state index contributed by atoms with van der Waals surface area (Å²) in [4.78, 5) is 11.6. The molecule has 0 radical (unpaired) electrons. The number of hydrogen-bond donors (Lipinski definition) is 1. The minimum absolute atomic E-state index is 0.0589. The van der Waals surface area contributed by atoms with Gasteiger partial charge in [0.05, 0.1) is 0 Å². The zero-order chi connectivity index (χ0) is 17.8. The molecule has 7 heteroatoms. The standard InChI is InChI=1S/C18H13FN2O3S/c1-11-4-2-3-5-13(11)10-15(17(22)23)25-18-21-20-16(24-18)12-6-8-14(19)9-7-12/h2-10H,1H3,(H,22,23)/b15-10+. The van der Waals surface area contributed by atoms with Crippen LogP contribution in [0.3, 0.4) is 0 Å². The minimum atomic E-state index is -1.09. The molecule has 0 amide bonds. The predicted molar refractivity (Wildman–Crippen MR) is 92.3 cm³/mol. The van der Waals surface area contributed by atoms with E-state index in [1.807, 2.05) is 31.2 Å². The first-order valence-electron chi connectivity index (χ1n) is 7.31. The van der Waals surface area contributed by atoms with Crippen LogP contribution in [0, 0.1) is 12.7 Å². The molecular formula is C18H13FN2O3S. The van der Waals surface area contributed by atoms with E-state index in [2.05, 4.69) is 10.2 Å². The molecule has 0 atom stereocenters. The molecule has 0 unspecified atom stereocenters. The van der Waals surface area contributed by atoms with Crippen LogP contribution in [0.5, 0.6) is 0 Å². The lowest BCUT2D eigenvalue weighted by molar-refractivity contribution is -0.131. The second kappa shape index (κ2) is 7.31. The Morgan fingerprint density at radius 1 is 1.16 bits per heavy atom. The Morgan fingerprint density at radius 3 is 2.56 bits per heavy atom. The molecule has 0 aliphatic carbocycles. The number of carboxylic acids is 1. The highest BCUT2D eigenvalue weighted by atomic mass is 32.2. The van der Waals surface area contributed by atoms with E-state index >= 15 is 0 Å². The van der Waals surface area contributed by atoms with Crippen molar-refractivity contribution in [2.45, 2.75) is 12.1 Å². The third kappa shape index (κ3) is 4.13. The summed E-state index contributed by atoms with van der Waals surface area (Å²) in [6.45, 7) is 1.90. The first kappa shape index (κ1) is 16.9. The van der Waals surface area contributed by atoms with E-state index in [1.165, 1.54) is 24.3 Å². The number of carbonyl (C=O) groups is 1. The van der Waals surface area contributed by atoms with Crippen LogP contribution in [0.15, 0.2) is 63.1 Å². The minimum Gasteiger partial charge on any atom is -0.477 e. The van der Waals surface area contributed by atoms with E-state index in [0.29, 0.717) is 5.56 Å². The molecule has 1 N–H and O–H groups in total. The largest absolute Gasteiger partial charge is 0.477 e. The molecule has 25 heavy (non-hydrogen) atoms. The molecule has 0 fully saturated rings. The van der Waals surface area contributed by atoms with Gasteiger partial charge in [-0.1, -0.05) is 24.3 Å². The van der Waals surface area contributed by atoms with Crippen LogP contribution in [0.4, 0.5) is 4.39 Å². The van der Waals surface area contributed by atoms with E-state index < -0.39 is 5.97 Å². The number of rotatable bonds is 5. The molecule has 0 spiro atoms. The van der Waals surface area contributed by atoms with Gasteiger partial charge in [-0.05, 0) is 60.2 Å². The van der Waals surface area contributed by atoms with Crippen LogP contribution < -0.4 is 0 Å². The predicted octanol–water partition coefficient (Wildman–Crippen LogP) is 4.40. The highest BCUT2D eigenvalue weighted by molar-refractivity contribution is 8.03. The second-order valence-corrected chi connectivity index (χ2v) is 6.15. The molecule has 3 rings (SSSR count). The molecule has 5 nitrogen and oxygen atoms in total. The SMILES string of the molecule is Cc1ccccc1/C=C(/Sc1nnc(-c2ccc(F)cc2)o1)C(=O)O. The van der Waals surface area contributed by atoms with Gasteiger partial charge in [0.2, 0.25) is 5.89 Å². The first-order valence-corrected chi connectivity index (χ1v) is 8.12. The van der Waals surface area contributed by atoms with Crippen LogP contribution in [0.2, 0.25) is 0 Å². The Hall–Kier alpha value is -2.93. The number of hydrogen-bond acceptors (Lipinski definition) is 5. The molecule has 0 saturated carbocycles. The summed E-state index contributed by atoms with van der Waals surface area (Å²) in [6, 6.07) is 13.0. The fraction of sp³-hybridized carbons (Fsp3) is 0.0556. The van der Waals surface area contributed by atoms with E-state index in [1.54, 1.807) is 6.08 Å². The molecule has 1 aromatic heterocycles. The van der Waals surface area contributed by atoms with Crippen LogP contribution in [-0.2, 0) is 4.79 Å². The third-order valence-electron chi connectivity index (χ3n) is 3.38. The molecule has 0 saturated heterocycles. The number of aliphatic carboxylic acids is 1. The highest BCUT2D eigenvalue weighted by Gasteiger charge is 2.16. The van der Waals surface area contributed by atoms with Crippen LogP contribution in [0.1, 0.15) is 11.1 Å². The van der Waals surface area contributed by atoms with Gasteiger partial charge in [0, 0.05) is 5.56 Å². The number of carboxylic acid groups (broad SMARTS) is 1. The Kier molecular flexibility index (Phi) is 4.95. The average molecular weight is 356 g/mol. The maximum Gasteiger partial charge on any atom is 0.342 e. The Balaban J connectivity index is 1.85. The van der Waals surface area contributed by atoms with Gasteiger partial charge in [0.1, 0.15) is 10.7 Å². The Bertz CT molecular complexity index is 936. The Labute approximate surface area is 147 Å². The van der Waals surface area contributed by atoms with Crippen molar-refractivity contribution >= 4 is 23.8 Å². The number of aryl methyl sites for hydroxylation is 1. The van der Waals surface area contributed by atoms with E-state index in [0.717, 1.165) is 22.9 Å². The van der Waals surface area contributed by atoms with Gasteiger partial charge in [-0.3, -0.25) is 0 Å². The van der Waals surface area contributed by atoms with Gasteiger partial charge >= 0.3 is 5.97 Å². The summed E-state index contributed by atoms with van der Waals surface area (Å²) < 4.78 is 18.4. The topological polar surface area (TPSA) is 76.2 Å². The van der Waals surface area contributed by atoms with Crippen molar-refractivity contribution in [2.75, 3.05) is 0 Å². The summed E-state index contributed by atoms with van der Waals surface area (Å²) in [5.41, 5.74) is 2.31. The quantitative estimate of drug-likeness (QED) is 0.539. The highest BCUT2D eigenvalue weighted by Crippen LogP contribution is 2.30.